The van der Waals surface area contributed by atoms with Gasteiger partial charge < -0.3 is 0 Å². The molecule has 0 aliphatic carbocycles. The molecular weight excluding hydrogens is 228 g/mol. The Hall–Kier alpha value is -0.480. The molecule has 0 spiro atoms. The Kier molecular flexibility index (Phi) is 3.51. The third-order valence-electron chi connectivity index (χ3n) is 1.68. The number of benzene rings is 1. The van der Waals surface area contributed by atoms with Crippen LogP contribution < -0.4 is 0 Å². The highest BCUT2D eigenvalue weighted by Crippen LogP contribution is 2.32. The maximum absolute atomic E-state index is 11.2. The lowest BCUT2D eigenvalue weighted by Crippen LogP contribution is -2.06. The Morgan fingerprint density at radius 2 is 1.53 bits per heavy atom. The van der Waals surface area contributed by atoms with Crippen LogP contribution in [0.1, 0.15) is 20.8 Å². The first kappa shape index (κ1) is 12.6. The lowest BCUT2D eigenvalue weighted by Gasteiger charge is -2.17. The molecule has 0 saturated carbocycles. The monoisotopic (exact) mass is 244 g/mol. The van der Waals surface area contributed by atoms with E-state index >= 15 is 0 Å². The molecule has 0 radical (unpaired) electrons. The highest BCUT2D eigenvalue weighted by Gasteiger charge is 2.12. The van der Waals surface area contributed by atoms with Gasteiger partial charge in [0.15, 0.2) is 9.84 Å². The molecule has 0 heterocycles. The number of rotatable bonds is 2. The SMILES string of the molecule is CC(C)(C)Sc1ccc(S(C)(=O)=O)cc1. The predicted octanol–water partition coefficient (Wildman–Crippen LogP) is 2.98. The van der Waals surface area contributed by atoms with Gasteiger partial charge in [-0.2, -0.15) is 0 Å². The third-order valence-corrected chi connectivity index (χ3v) is 3.92. The second-order valence-electron chi connectivity index (χ2n) is 4.46. The Morgan fingerprint density at radius 3 is 1.87 bits per heavy atom. The molecule has 0 fully saturated rings. The van der Waals surface area contributed by atoms with E-state index in [1.165, 1.54) is 6.26 Å². The maximum Gasteiger partial charge on any atom is 0.175 e. The van der Waals surface area contributed by atoms with Crippen molar-refractivity contribution in [2.75, 3.05) is 6.26 Å². The first-order valence-corrected chi connectivity index (χ1v) is 7.38. The van der Waals surface area contributed by atoms with Gasteiger partial charge in [0, 0.05) is 15.9 Å². The van der Waals surface area contributed by atoms with E-state index in [0.29, 0.717) is 4.90 Å². The van der Waals surface area contributed by atoms with E-state index in [9.17, 15) is 8.42 Å². The van der Waals surface area contributed by atoms with Crippen LogP contribution in [0.25, 0.3) is 0 Å². The van der Waals surface area contributed by atoms with E-state index in [4.69, 9.17) is 0 Å². The van der Waals surface area contributed by atoms with Crippen molar-refractivity contribution in [3.63, 3.8) is 0 Å². The van der Waals surface area contributed by atoms with E-state index in [0.717, 1.165) is 4.90 Å². The molecule has 0 aromatic heterocycles. The van der Waals surface area contributed by atoms with Crippen LogP contribution in [0.5, 0.6) is 0 Å². The van der Waals surface area contributed by atoms with Gasteiger partial charge in [0.1, 0.15) is 0 Å². The molecule has 1 aromatic rings. The molecule has 84 valence electrons. The van der Waals surface area contributed by atoms with Gasteiger partial charge in [-0.15, -0.1) is 11.8 Å². The van der Waals surface area contributed by atoms with Crippen molar-refractivity contribution in [3.05, 3.63) is 24.3 Å². The van der Waals surface area contributed by atoms with Gasteiger partial charge in [0.2, 0.25) is 0 Å². The van der Waals surface area contributed by atoms with Crippen molar-refractivity contribution in [2.45, 2.75) is 35.3 Å². The largest absolute Gasteiger partial charge is 0.224 e. The zero-order valence-corrected chi connectivity index (χ0v) is 11.1. The lowest BCUT2D eigenvalue weighted by atomic mass is 10.3. The van der Waals surface area contributed by atoms with Crippen LogP contribution >= 0.6 is 11.8 Å². The average Bonchev–Trinajstić information content (AvgIpc) is 2.00. The molecule has 4 heteroatoms. The van der Waals surface area contributed by atoms with E-state index in [1.807, 2.05) is 12.1 Å². The summed E-state index contributed by atoms with van der Waals surface area (Å²) < 4.78 is 22.6. The summed E-state index contributed by atoms with van der Waals surface area (Å²) in [7, 11) is -3.07. The third kappa shape index (κ3) is 4.26. The van der Waals surface area contributed by atoms with Gasteiger partial charge in [0.25, 0.3) is 0 Å². The minimum Gasteiger partial charge on any atom is -0.224 e. The minimum atomic E-state index is -3.07. The zero-order valence-electron chi connectivity index (χ0n) is 9.44. The molecule has 0 N–H and O–H groups in total. The number of hydrogen-bond acceptors (Lipinski definition) is 3. The van der Waals surface area contributed by atoms with E-state index in [2.05, 4.69) is 20.8 Å². The first-order valence-electron chi connectivity index (χ1n) is 4.68. The number of thioether (sulfide) groups is 1. The smallest absolute Gasteiger partial charge is 0.175 e. The highest BCUT2D eigenvalue weighted by molar-refractivity contribution is 8.00. The second kappa shape index (κ2) is 4.18. The molecule has 15 heavy (non-hydrogen) atoms. The molecule has 0 unspecified atom stereocenters. The van der Waals surface area contributed by atoms with Crippen LogP contribution in [-0.2, 0) is 9.84 Å². The summed E-state index contributed by atoms with van der Waals surface area (Å²) in [6, 6.07) is 7.02. The molecule has 0 aliphatic rings. The van der Waals surface area contributed by atoms with Crippen LogP contribution in [0.2, 0.25) is 0 Å². The van der Waals surface area contributed by atoms with Crippen molar-refractivity contribution in [2.24, 2.45) is 0 Å². The highest BCUT2D eigenvalue weighted by atomic mass is 32.2. The molecular formula is C11H16O2S2. The summed E-state index contributed by atoms with van der Waals surface area (Å²) in [5, 5.41) is 0. The van der Waals surface area contributed by atoms with Gasteiger partial charge in [-0.3, -0.25) is 0 Å². The maximum atomic E-state index is 11.2. The fraction of sp³-hybridized carbons (Fsp3) is 0.455. The Balaban J connectivity index is 2.92. The Morgan fingerprint density at radius 1 is 1.07 bits per heavy atom. The predicted molar refractivity (Wildman–Crippen MR) is 65.2 cm³/mol. The normalized spacial score (nSPS) is 12.8. The fourth-order valence-corrected chi connectivity index (χ4v) is 2.72. The van der Waals surface area contributed by atoms with Crippen LogP contribution in [0.15, 0.2) is 34.1 Å². The van der Waals surface area contributed by atoms with Crippen molar-refractivity contribution in [1.29, 1.82) is 0 Å². The molecule has 1 aromatic carbocycles. The van der Waals surface area contributed by atoms with E-state index < -0.39 is 9.84 Å². The van der Waals surface area contributed by atoms with Crippen molar-refractivity contribution in [1.82, 2.24) is 0 Å². The Bertz CT molecular complexity index is 425. The number of hydrogen-bond donors (Lipinski definition) is 0. The standard InChI is InChI=1S/C11H16O2S2/c1-11(2,3)14-9-5-7-10(8-6-9)15(4,12)13/h5-8H,1-4H3. The van der Waals surface area contributed by atoms with Crippen molar-refractivity contribution < 1.29 is 8.42 Å². The van der Waals surface area contributed by atoms with Crippen LogP contribution in [0.3, 0.4) is 0 Å². The summed E-state index contributed by atoms with van der Waals surface area (Å²) in [6.07, 6.45) is 1.22. The summed E-state index contributed by atoms with van der Waals surface area (Å²) >= 11 is 1.73. The summed E-state index contributed by atoms with van der Waals surface area (Å²) in [5.41, 5.74) is 0. The topological polar surface area (TPSA) is 34.1 Å². The summed E-state index contributed by atoms with van der Waals surface area (Å²) in [6.45, 7) is 6.38. The van der Waals surface area contributed by atoms with Gasteiger partial charge in [0.05, 0.1) is 4.90 Å². The van der Waals surface area contributed by atoms with Gasteiger partial charge in [-0.25, -0.2) is 8.42 Å². The summed E-state index contributed by atoms with van der Waals surface area (Å²) in [5.74, 6) is 0. The van der Waals surface area contributed by atoms with Crippen LogP contribution in [-0.4, -0.2) is 19.4 Å². The van der Waals surface area contributed by atoms with Crippen molar-refractivity contribution in [3.8, 4) is 0 Å². The molecule has 0 amide bonds. The van der Waals surface area contributed by atoms with Gasteiger partial charge >= 0.3 is 0 Å². The van der Waals surface area contributed by atoms with Crippen LogP contribution in [0.4, 0.5) is 0 Å². The van der Waals surface area contributed by atoms with Crippen molar-refractivity contribution >= 4 is 21.6 Å². The Labute approximate surface area is 96.0 Å². The molecule has 0 bridgehead atoms. The number of sulfone groups is 1. The molecule has 0 atom stereocenters. The zero-order chi connectivity index (χ0) is 11.7. The molecule has 0 saturated heterocycles. The molecule has 1 rings (SSSR count). The van der Waals surface area contributed by atoms with Gasteiger partial charge in [-0.05, 0) is 24.3 Å². The van der Waals surface area contributed by atoms with Crippen LogP contribution in [0, 0.1) is 0 Å². The fourth-order valence-electron chi connectivity index (χ4n) is 1.11. The lowest BCUT2D eigenvalue weighted by molar-refractivity contribution is 0.602. The molecule has 2 nitrogen and oxygen atoms in total. The van der Waals surface area contributed by atoms with Gasteiger partial charge in [-0.1, -0.05) is 20.8 Å². The quantitative estimate of drug-likeness (QED) is 0.750. The average molecular weight is 244 g/mol. The minimum absolute atomic E-state index is 0.145. The summed E-state index contributed by atoms with van der Waals surface area (Å²) in [4.78, 5) is 1.47. The second-order valence-corrected chi connectivity index (χ2v) is 8.37. The first-order chi connectivity index (χ1) is 6.68. The van der Waals surface area contributed by atoms with E-state index in [1.54, 1.807) is 23.9 Å². The molecule has 0 aliphatic heterocycles. The van der Waals surface area contributed by atoms with E-state index in [-0.39, 0.29) is 4.75 Å².